The zero-order chi connectivity index (χ0) is 30.9. The van der Waals surface area contributed by atoms with Crippen molar-refractivity contribution < 1.29 is 4.42 Å². The molecule has 0 fully saturated rings. The molecule has 0 N–H and O–H groups in total. The standard InChI is InChI=1S/C46H28O/c1-2-13-30(14-3-1)44-36-18-8-10-20-38(36)45(39-21-11-9-19-37(39)44)40-25-24-32(34-16-6-7-17-35(34)40)31-23-26-42-41(28-31)46-33-15-5-4-12-29(33)22-27-43(46)47-42/h1-28H. The molecule has 1 aromatic heterocycles. The van der Waals surface area contributed by atoms with Crippen LogP contribution in [0.3, 0.4) is 0 Å². The van der Waals surface area contributed by atoms with Crippen LogP contribution in [0.15, 0.2) is 174 Å². The van der Waals surface area contributed by atoms with E-state index in [-0.39, 0.29) is 0 Å². The molecule has 10 aromatic rings. The molecule has 1 heteroatoms. The molecule has 0 radical (unpaired) electrons. The summed E-state index contributed by atoms with van der Waals surface area (Å²) in [4.78, 5) is 0. The molecule has 0 amide bonds. The maximum atomic E-state index is 6.34. The van der Waals surface area contributed by atoms with Gasteiger partial charge in [0.05, 0.1) is 0 Å². The van der Waals surface area contributed by atoms with Gasteiger partial charge in [-0.3, -0.25) is 0 Å². The third kappa shape index (κ3) is 3.90. The predicted molar refractivity (Wildman–Crippen MR) is 200 cm³/mol. The normalized spacial score (nSPS) is 11.8. The molecule has 0 atom stereocenters. The SMILES string of the molecule is c1ccc(-c2c3ccccc3c(-c3ccc(-c4ccc5oc6ccc7ccccc7c6c5c4)c4ccccc34)c3ccccc23)cc1. The van der Waals surface area contributed by atoms with Crippen LogP contribution in [-0.2, 0) is 0 Å². The van der Waals surface area contributed by atoms with E-state index in [4.69, 9.17) is 4.42 Å². The van der Waals surface area contributed by atoms with Crippen molar-refractivity contribution >= 4 is 65.0 Å². The van der Waals surface area contributed by atoms with Crippen molar-refractivity contribution in [2.24, 2.45) is 0 Å². The summed E-state index contributed by atoms with van der Waals surface area (Å²) in [6, 6.07) is 61.5. The zero-order valence-corrected chi connectivity index (χ0v) is 25.6. The summed E-state index contributed by atoms with van der Waals surface area (Å²) in [6.07, 6.45) is 0. The molecule has 0 bridgehead atoms. The number of fused-ring (bicyclic) bond motifs is 8. The predicted octanol–water partition coefficient (Wildman–Crippen LogP) is 13.2. The Balaban J connectivity index is 1.25. The molecule has 0 spiro atoms. The second-order valence-corrected chi connectivity index (χ2v) is 12.4. The summed E-state index contributed by atoms with van der Waals surface area (Å²) < 4.78 is 6.34. The Bertz CT molecular complexity index is 2780. The molecule has 1 nitrogen and oxygen atoms in total. The first kappa shape index (κ1) is 26.1. The van der Waals surface area contributed by atoms with Crippen molar-refractivity contribution in [3.05, 3.63) is 170 Å². The minimum Gasteiger partial charge on any atom is -0.456 e. The second kappa shape index (κ2) is 10.2. The summed E-state index contributed by atoms with van der Waals surface area (Å²) in [5.74, 6) is 0. The molecule has 0 aliphatic heterocycles. The molecular weight excluding hydrogens is 569 g/mol. The molecule has 0 saturated carbocycles. The van der Waals surface area contributed by atoms with Crippen LogP contribution in [0.5, 0.6) is 0 Å². The topological polar surface area (TPSA) is 13.1 Å². The van der Waals surface area contributed by atoms with E-state index in [9.17, 15) is 0 Å². The minimum absolute atomic E-state index is 0.914. The largest absolute Gasteiger partial charge is 0.456 e. The van der Waals surface area contributed by atoms with Gasteiger partial charge in [0.25, 0.3) is 0 Å². The summed E-state index contributed by atoms with van der Waals surface area (Å²) in [7, 11) is 0. The van der Waals surface area contributed by atoms with Gasteiger partial charge in [0.15, 0.2) is 0 Å². The Morgan fingerprint density at radius 1 is 0.298 bits per heavy atom. The van der Waals surface area contributed by atoms with E-state index in [1.54, 1.807) is 0 Å². The first-order valence-corrected chi connectivity index (χ1v) is 16.2. The Kier molecular flexibility index (Phi) is 5.64. The number of furan rings is 1. The lowest BCUT2D eigenvalue weighted by Gasteiger charge is -2.19. The molecule has 218 valence electrons. The van der Waals surface area contributed by atoms with E-state index in [2.05, 4.69) is 170 Å². The van der Waals surface area contributed by atoms with Crippen LogP contribution in [0.1, 0.15) is 0 Å². The lowest BCUT2D eigenvalue weighted by Crippen LogP contribution is -1.92. The smallest absolute Gasteiger partial charge is 0.136 e. The molecule has 0 aliphatic carbocycles. The quantitative estimate of drug-likeness (QED) is 0.185. The molecule has 1 heterocycles. The zero-order valence-electron chi connectivity index (χ0n) is 25.6. The van der Waals surface area contributed by atoms with Crippen molar-refractivity contribution in [2.75, 3.05) is 0 Å². The number of rotatable bonds is 3. The van der Waals surface area contributed by atoms with Gasteiger partial charge in [0.2, 0.25) is 0 Å². The van der Waals surface area contributed by atoms with E-state index in [1.807, 2.05) is 0 Å². The van der Waals surface area contributed by atoms with Gasteiger partial charge in [0, 0.05) is 10.8 Å². The second-order valence-electron chi connectivity index (χ2n) is 12.4. The molecular formula is C46H28O. The van der Waals surface area contributed by atoms with Crippen LogP contribution in [0.25, 0.3) is 98.4 Å². The minimum atomic E-state index is 0.914. The van der Waals surface area contributed by atoms with Gasteiger partial charge < -0.3 is 4.42 Å². The monoisotopic (exact) mass is 596 g/mol. The number of benzene rings is 9. The summed E-state index contributed by atoms with van der Waals surface area (Å²) in [6.45, 7) is 0. The van der Waals surface area contributed by atoms with Crippen LogP contribution < -0.4 is 0 Å². The molecule has 0 aliphatic rings. The van der Waals surface area contributed by atoms with Gasteiger partial charge in [-0.1, -0.05) is 152 Å². The fraction of sp³-hybridized carbons (Fsp3) is 0. The highest BCUT2D eigenvalue weighted by Crippen LogP contribution is 2.46. The Morgan fingerprint density at radius 2 is 0.830 bits per heavy atom. The number of hydrogen-bond acceptors (Lipinski definition) is 1. The Labute approximate surface area is 271 Å². The van der Waals surface area contributed by atoms with Gasteiger partial charge in [0.1, 0.15) is 11.2 Å². The number of hydrogen-bond donors (Lipinski definition) is 0. The van der Waals surface area contributed by atoms with E-state index in [0.29, 0.717) is 0 Å². The average molecular weight is 597 g/mol. The first-order chi connectivity index (χ1) is 23.3. The van der Waals surface area contributed by atoms with E-state index < -0.39 is 0 Å². The lowest BCUT2D eigenvalue weighted by atomic mass is 9.84. The van der Waals surface area contributed by atoms with Crippen molar-refractivity contribution in [1.29, 1.82) is 0 Å². The van der Waals surface area contributed by atoms with Crippen molar-refractivity contribution in [3.8, 4) is 33.4 Å². The van der Waals surface area contributed by atoms with E-state index in [1.165, 1.54) is 81.9 Å². The fourth-order valence-electron chi connectivity index (χ4n) is 7.82. The van der Waals surface area contributed by atoms with Crippen molar-refractivity contribution in [2.45, 2.75) is 0 Å². The van der Waals surface area contributed by atoms with E-state index in [0.717, 1.165) is 16.6 Å². The summed E-state index contributed by atoms with van der Waals surface area (Å²) in [5.41, 5.74) is 9.29. The first-order valence-electron chi connectivity index (χ1n) is 16.2. The van der Waals surface area contributed by atoms with Crippen LogP contribution in [-0.4, -0.2) is 0 Å². The Hall–Kier alpha value is -6.18. The average Bonchev–Trinajstić information content (AvgIpc) is 3.52. The lowest BCUT2D eigenvalue weighted by molar-refractivity contribution is 0.669. The molecule has 47 heavy (non-hydrogen) atoms. The molecule has 10 rings (SSSR count). The van der Waals surface area contributed by atoms with Crippen LogP contribution >= 0.6 is 0 Å². The summed E-state index contributed by atoms with van der Waals surface area (Å²) in [5, 5.41) is 12.3. The van der Waals surface area contributed by atoms with Gasteiger partial charge in [-0.15, -0.1) is 0 Å². The van der Waals surface area contributed by atoms with Crippen molar-refractivity contribution in [1.82, 2.24) is 0 Å². The highest BCUT2D eigenvalue weighted by molar-refractivity contribution is 6.24. The Morgan fingerprint density at radius 3 is 1.53 bits per heavy atom. The van der Waals surface area contributed by atoms with Crippen LogP contribution in [0.2, 0.25) is 0 Å². The van der Waals surface area contributed by atoms with E-state index >= 15 is 0 Å². The highest BCUT2D eigenvalue weighted by Gasteiger charge is 2.19. The third-order valence-corrected chi connectivity index (χ3v) is 9.86. The van der Waals surface area contributed by atoms with Gasteiger partial charge in [-0.05, 0) is 94.7 Å². The molecule has 0 saturated heterocycles. The summed E-state index contributed by atoms with van der Waals surface area (Å²) >= 11 is 0. The third-order valence-electron chi connectivity index (χ3n) is 9.86. The van der Waals surface area contributed by atoms with Crippen molar-refractivity contribution in [3.63, 3.8) is 0 Å². The molecule has 0 unspecified atom stereocenters. The fourth-order valence-corrected chi connectivity index (χ4v) is 7.82. The maximum Gasteiger partial charge on any atom is 0.136 e. The van der Waals surface area contributed by atoms with Gasteiger partial charge >= 0.3 is 0 Å². The van der Waals surface area contributed by atoms with Gasteiger partial charge in [-0.2, -0.15) is 0 Å². The highest BCUT2D eigenvalue weighted by atomic mass is 16.3. The maximum absolute atomic E-state index is 6.34. The van der Waals surface area contributed by atoms with Crippen LogP contribution in [0, 0.1) is 0 Å². The molecule has 9 aromatic carbocycles. The van der Waals surface area contributed by atoms with Gasteiger partial charge in [-0.25, -0.2) is 0 Å². The van der Waals surface area contributed by atoms with Crippen LogP contribution in [0.4, 0.5) is 0 Å².